The summed E-state index contributed by atoms with van der Waals surface area (Å²) in [6, 6.07) is 0. The zero-order valence-corrected chi connectivity index (χ0v) is 25.1. The SMILES string of the molecule is C=C(COC(=O)CCCC[N+](C)(C)C)COC(=O)NCCCCCCCCCCCCCCCCCC. The zero-order chi connectivity index (χ0) is 27.6. The maximum Gasteiger partial charge on any atom is 0.407 e. The molecule has 1 N–H and O–H groups in total. The van der Waals surface area contributed by atoms with E-state index in [0.29, 0.717) is 18.5 Å². The summed E-state index contributed by atoms with van der Waals surface area (Å²) in [4.78, 5) is 23.6. The molecule has 0 heterocycles. The smallest absolute Gasteiger partial charge is 0.407 e. The summed E-state index contributed by atoms with van der Waals surface area (Å²) >= 11 is 0. The van der Waals surface area contributed by atoms with E-state index in [4.69, 9.17) is 9.47 Å². The molecule has 0 fully saturated rings. The van der Waals surface area contributed by atoms with Crippen molar-refractivity contribution in [1.29, 1.82) is 0 Å². The molecule has 1 amide bonds. The van der Waals surface area contributed by atoms with E-state index in [0.717, 1.165) is 36.7 Å². The van der Waals surface area contributed by atoms with Gasteiger partial charge in [-0.2, -0.15) is 0 Å². The van der Waals surface area contributed by atoms with Gasteiger partial charge in [0.05, 0.1) is 27.7 Å². The lowest BCUT2D eigenvalue weighted by molar-refractivity contribution is -0.870. The van der Waals surface area contributed by atoms with Gasteiger partial charge in [0.1, 0.15) is 13.2 Å². The number of alkyl carbamates (subject to hydrolysis) is 1. The van der Waals surface area contributed by atoms with E-state index in [2.05, 4.69) is 40.0 Å². The van der Waals surface area contributed by atoms with E-state index < -0.39 is 6.09 Å². The molecule has 37 heavy (non-hydrogen) atoms. The van der Waals surface area contributed by atoms with E-state index in [1.165, 1.54) is 89.9 Å². The highest BCUT2D eigenvalue weighted by molar-refractivity contribution is 5.69. The van der Waals surface area contributed by atoms with Crippen LogP contribution in [-0.2, 0) is 14.3 Å². The molecule has 0 bridgehead atoms. The minimum Gasteiger partial charge on any atom is -0.461 e. The second-order valence-electron chi connectivity index (χ2n) is 11.7. The van der Waals surface area contributed by atoms with Crippen molar-refractivity contribution in [2.24, 2.45) is 0 Å². The molecule has 0 atom stereocenters. The van der Waals surface area contributed by atoms with Crippen LogP contribution in [0.2, 0.25) is 0 Å². The first kappa shape index (κ1) is 35.4. The lowest BCUT2D eigenvalue weighted by atomic mass is 10.0. The number of unbranched alkanes of at least 4 members (excludes halogenated alkanes) is 16. The Morgan fingerprint density at radius 3 is 1.59 bits per heavy atom. The van der Waals surface area contributed by atoms with Crippen molar-refractivity contribution >= 4 is 12.1 Å². The number of quaternary nitrogens is 1. The fourth-order valence-electron chi connectivity index (χ4n) is 4.23. The standard InChI is InChI=1S/C31H60N2O4/c1-6-7-8-9-10-11-12-13-14-15-16-17-18-19-20-22-25-32-31(35)37-28-29(2)27-36-30(34)24-21-23-26-33(3,4)5/h2,6-28H2,1,3-5H3/p+1. The molecule has 0 aromatic carbocycles. The largest absolute Gasteiger partial charge is 0.461 e. The van der Waals surface area contributed by atoms with Crippen LogP contribution in [0.1, 0.15) is 129 Å². The van der Waals surface area contributed by atoms with Crippen molar-refractivity contribution < 1.29 is 23.5 Å². The molecular weight excluding hydrogens is 464 g/mol. The molecule has 0 unspecified atom stereocenters. The maximum atomic E-state index is 11.8. The molecular formula is C31H61N2O4+. The molecule has 0 radical (unpaired) electrons. The Balaban J connectivity index is 3.40. The quantitative estimate of drug-likeness (QED) is 0.0538. The van der Waals surface area contributed by atoms with Crippen molar-refractivity contribution in [3.8, 4) is 0 Å². The van der Waals surface area contributed by atoms with Crippen LogP contribution in [0.4, 0.5) is 4.79 Å². The minimum atomic E-state index is -0.436. The fraction of sp³-hybridized carbons (Fsp3) is 0.871. The maximum absolute atomic E-state index is 11.8. The first-order valence-corrected chi connectivity index (χ1v) is 15.3. The number of ether oxygens (including phenoxy) is 2. The predicted octanol–water partition coefficient (Wildman–Crippen LogP) is 7.95. The Labute approximate surface area is 229 Å². The number of carbonyl (C=O) groups excluding carboxylic acids is 2. The summed E-state index contributed by atoms with van der Waals surface area (Å²) in [6.07, 6.45) is 23.1. The van der Waals surface area contributed by atoms with Crippen molar-refractivity contribution in [1.82, 2.24) is 5.32 Å². The van der Waals surface area contributed by atoms with Gasteiger partial charge >= 0.3 is 12.1 Å². The normalized spacial score (nSPS) is 11.4. The van der Waals surface area contributed by atoms with Crippen molar-refractivity contribution in [3.63, 3.8) is 0 Å². The number of rotatable bonds is 26. The van der Waals surface area contributed by atoms with Gasteiger partial charge in [0.15, 0.2) is 0 Å². The van der Waals surface area contributed by atoms with Gasteiger partial charge in [-0.05, 0) is 24.8 Å². The van der Waals surface area contributed by atoms with Crippen LogP contribution in [0, 0.1) is 0 Å². The van der Waals surface area contributed by atoms with Crippen LogP contribution in [-0.4, -0.2) is 64.0 Å². The highest BCUT2D eigenvalue weighted by Gasteiger charge is 2.09. The Morgan fingerprint density at radius 2 is 1.11 bits per heavy atom. The second kappa shape index (κ2) is 24.8. The third-order valence-electron chi connectivity index (χ3n) is 6.60. The van der Waals surface area contributed by atoms with E-state index in [1.54, 1.807) is 0 Å². The second-order valence-corrected chi connectivity index (χ2v) is 11.7. The number of hydrogen-bond acceptors (Lipinski definition) is 4. The molecule has 0 aromatic heterocycles. The molecule has 6 nitrogen and oxygen atoms in total. The summed E-state index contributed by atoms with van der Waals surface area (Å²) in [6.45, 7) is 7.93. The fourth-order valence-corrected chi connectivity index (χ4v) is 4.23. The summed E-state index contributed by atoms with van der Waals surface area (Å²) in [7, 11) is 6.42. The molecule has 0 aliphatic rings. The van der Waals surface area contributed by atoms with Crippen LogP contribution < -0.4 is 5.32 Å². The van der Waals surface area contributed by atoms with Crippen LogP contribution in [0.5, 0.6) is 0 Å². The molecule has 0 spiro atoms. The topological polar surface area (TPSA) is 64.6 Å². The predicted molar refractivity (Wildman–Crippen MR) is 156 cm³/mol. The molecule has 0 aliphatic heterocycles. The van der Waals surface area contributed by atoms with E-state index in [9.17, 15) is 9.59 Å². The highest BCUT2D eigenvalue weighted by atomic mass is 16.6. The summed E-state index contributed by atoms with van der Waals surface area (Å²) < 4.78 is 11.3. The van der Waals surface area contributed by atoms with Crippen molar-refractivity contribution in [2.75, 3.05) is 47.4 Å². The van der Waals surface area contributed by atoms with Gasteiger partial charge < -0.3 is 19.3 Å². The van der Waals surface area contributed by atoms with Crippen LogP contribution >= 0.6 is 0 Å². The Bertz CT molecular complexity index is 572. The molecule has 0 aliphatic carbocycles. The lowest BCUT2D eigenvalue weighted by Gasteiger charge is -2.23. The van der Waals surface area contributed by atoms with Gasteiger partial charge in [0.25, 0.3) is 0 Å². The minimum absolute atomic E-state index is 0.0690. The van der Waals surface area contributed by atoms with E-state index >= 15 is 0 Å². The van der Waals surface area contributed by atoms with Crippen LogP contribution in [0.15, 0.2) is 12.2 Å². The van der Waals surface area contributed by atoms with Gasteiger partial charge in [-0.25, -0.2) is 4.79 Å². The molecule has 0 rings (SSSR count). The summed E-state index contributed by atoms with van der Waals surface area (Å²) in [5.74, 6) is -0.226. The Kier molecular flexibility index (Phi) is 23.7. The molecule has 0 saturated heterocycles. The van der Waals surface area contributed by atoms with Crippen LogP contribution in [0.25, 0.3) is 0 Å². The number of hydrogen-bond donors (Lipinski definition) is 1. The third-order valence-corrected chi connectivity index (χ3v) is 6.60. The van der Waals surface area contributed by atoms with Gasteiger partial charge in [-0.1, -0.05) is 110 Å². The Hall–Kier alpha value is -1.56. The average molecular weight is 526 g/mol. The van der Waals surface area contributed by atoms with Crippen molar-refractivity contribution in [3.05, 3.63) is 12.2 Å². The number of carbonyl (C=O) groups is 2. The Morgan fingerprint density at radius 1 is 0.649 bits per heavy atom. The monoisotopic (exact) mass is 525 g/mol. The number of esters is 1. The molecule has 0 saturated carbocycles. The zero-order valence-electron chi connectivity index (χ0n) is 25.1. The third kappa shape index (κ3) is 28.9. The molecule has 6 heteroatoms. The van der Waals surface area contributed by atoms with E-state index in [-0.39, 0.29) is 19.2 Å². The van der Waals surface area contributed by atoms with Gasteiger partial charge in [0, 0.05) is 13.0 Å². The number of amides is 1. The van der Waals surface area contributed by atoms with E-state index in [1.807, 2.05) is 0 Å². The summed E-state index contributed by atoms with van der Waals surface area (Å²) in [5, 5.41) is 2.79. The van der Waals surface area contributed by atoms with Gasteiger partial charge in [0.2, 0.25) is 0 Å². The van der Waals surface area contributed by atoms with Crippen LogP contribution in [0.3, 0.4) is 0 Å². The number of nitrogens with zero attached hydrogens (tertiary/aromatic N) is 1. The highest BCUT2D eigenvalue weighted by Crippen LogP contribution is 2.13. The molecule has 0 aromatic rings. The van der Waals surface area contributed by atoms with Gasteiger partial charge in [-0.3, -0.25) is 4.79 Å². The van der Waals surface area contributed by atoms with Crippen molar-refractivity contribution in [2.45, 2.75) is 129 Å². The first-order chi connectivity index (χ1) is 17.7. The average Bonchev–Trinajstić information content (AvgIpc) is 2.85. The number of nitrogens with one attached hydrogen (secondary N) is 1. The van der Waals surface area contributed by atoms with Gasteiger partial charge in [-0.15, -0.1) is 0 Å². The first-order valence-electron chi connectivity index (χ1n) is 15.3. The molecule has 218 valence electrons. The lowest BCUT2D eigenvalue weighted by Crippen LogP contribution is -2.35. The summed E-state index contributed by atoms with van der Waals surface area (Å²) in [5.41, 5.74) is 0.581.